The van der Waals surface area contributed by atoms with Crippen LogP contribution in [0.1, 0.15) is 44.1 Å². The van der Waals surface area contributed by atoms with E-state index in [0.717, 1.165) is 23.0 Å². The number of thiophene rings is 1. The van der Waals surface area contributed by atoms with Crippen LogP contribution in [0, 0.1) is 17.8 Å². The van der Waals surface area contributed by atoms with Crippen molar-refractivity contribution in [3.05, 3.63) is 20.8 Å². The maximum absolute atomic E-state index is 6.30. The van der Waals surface area contributed by atoms with Crippen LogP contribution in [-0.4, -0.2) is 25.0 Å². The van der Waals surface area contributed by atoms with Crippen molar-refractivity contribution in [3.8, 4) is 11.8 Å². The summed E-state index contributed by atoms with van der Waals surface area (Å²) in [6.07, 6.45) is 2.36. The van der Waals surface area contributed by atoms with Gasteiger partial charge in [-0.1, -0.05) is 44.2 Å². The SMILES string of the molecule is CN1CCC(C#Cc2cc(C(C)(C)C)sc2Cl)CC1. The van der Waals surface area contributed by atoms with Crippen LogP contribution in [-0.2, 0) is 5.41 Å². The minimum atomic E-state index is 0.155. The second kappa shape index (κ2) is 5.87. The van der Waals surface area contributed by atoms with Gasteiger partial charge in [-0.15, -0.1) is 11.3 Å². The average molecular weight is 296 g/mol. The molecule has 1 aliphatic heterocycles. The molecular formula is C16H22ClNS. The first-order valence-corrected chi connectivity index (χ1v) is 8.05. The first-order chi connectivity index (χ1) is 8.86. The molecular weight excluding hydrogens is 274 g/mol. The van der Waals surface area contributed by atoms with Gasteiger partial charge in [-0.2, -0.15) is 0 Å². The molecule has 2 rings (SSSR count). The Morgan fingerprint density at radius 3 is 2.47 bits per heavy atom. The summed E-state index contributed by atoms with van der Waals surface area (Å²) >= 11 is 7.96. The number of hydrogen-bond donors (Lipinski definition) is 0. The monoisotopic (exact) mass is 295 g/mol. The molecule has 3 heteroatoms. The Morgan fingerprint density at radius 1 is 1.32 bits per heavy atom. The summed E-state index contributed by atoms with van der Waals surface area (Å²) in [4.78, 5) is 3.68. The number of likely N-dealkylation sites (tertiary alicyclic amines) is 1. The fourth-order valence-corrected chi connectivity index (χ4v) is 3.40. The van der Waals surface area contributed by atoms with Crippen molar-refractivity contribution < 1.29 is 0 Å². The largest absolute Gasteiger partial charge is 0.306 e. The third-order valence-corrected chi connectivity index (χ3v) is 5.34. The minimum absolute atomic E-state index is 0.155. The van der Waals surface area contributed by atoms with Gasteiger partial charge in [0.2, 0.25) is 0 Å². The predicted molar refractivity (Wildman–Crippen MR) is 85.1 cm³/mol. The highest BCUT2D eigenvalue weighted by atomic mass is 35.5. The molecule has 1 nitrogen and oxygen atoms in total. The number of piperidine rings is 1. The lowest BCUT2D eigenvalue weighted by atomic mass is 9.94. The molecule has 1 fully saturated rings. The van der Waals surface area contributed by atoms with Crippen molar-refractivity contribution >= 4 is 22.9 Å². The standard InChI is InChI=1S/C16H22ClNS/c1-16(2,3)14-11-13(15(17)19-14)6-5-12-7-9-18(4)10-8-12/h11-12H,7-10H2,1-4H3. The van der Waals surface area contributed by atoms with Gasteiger partial charge in [0.05, 0.1) is 5.56 Å². The Morgan fingerprint density at radius 2 is 1.95 bits per heavy atom. The van der Waals surface area contributed by atoms with E-state index in [1.165, 1.54) is 17.7 Å². The van der Waals surface area contributed by atoms with Gasteiger partial charge < -0.3 is 4.90 Å². The molecule has 2 heterocycles. The fraction of sp³-hybridized carbons (Fsp3) is 0.625. The van der Waals surface area contributed by atoms with Crippen molar-refractivity contribution in [3.63, 3.8) is 0 Å². The summed E-state index contributed by atoms with van der Waals surface area (Å²) in [6.45, 7) is 8.95. The van der Waals surface area contributed by atoms with E-state index in [-0.39, 0.29) is 5.41 Å². The predicted octanol–water partition coefficient (Wildman–Crippen LogP) is 4.39. The molecule has 1 aromatic rings. The fourth-order valence-electron chi connectivity index (χ4n) is 2.16. The molecule has 0 amide bonds. The summed E-state index contributed by atoms with van der Waals surface area (Å²) in [6, 6.07) is 2.16. The van der Waals surface area contributed by atoms with Crippen LogP contribution in [0.2, 0.25) is 4.34 Å². The van der Waals surface area contributed by atoms with E-state index in [0.29, 0.717) is 5.92 Å². The second-order valence-electron chi connectivity index (χ2n) is 6.39. The highest BCUT2D eigenvalue weighted by molar-refractivity contribution is 7.16. The molecule has 0 atom stereocenters. The third kappa shape index (κ3) is 3.99. The summed E-state index contributed by atoms with van der Waals surface area (Å²) in [7, 11) is 2.18. The molecule has 1 aromatic heterocycles. The Kier molecular flexibility index (Phi) is 4.61. The second-order valence-corrected chi connectivity index (χ2v) is 8.05. The molecule has 0 unspecified atom stereocenters. The maximum Gasteiger partial charge on any atom is 0.109 e. The van der Waals surface area contributed by atoms with Crippen LogP contribution >= 0.6 is 22.9 Å². The normalized spacial score (nSPS) is 18.2. The van der Waals surface area contributed by atoms with E-state index < -0.39 is 0 Å². The lowest BCUT2D eigenvalue weighted by Crippen LogP contribution is -2.29. The van der Waals surface area contributed by atoms with E-state index in [2.05, 4.69) is 50.6 Å². The third-order valence-electron chi connectivity index (χ3n) is 3.56. The van der Waals surface area contributed by atoms with Crippen molar-refractivity contribution in [2.45, 2.75) is 39.0 Å². The van der Waals surface area contributed by atoms with Crippen LogP contribution in [0.15, 0.2) is 6.07 Å². The Bertz CT molecular complexity index is 493. The van der Waals surface area contributed by atoms with E-state index in [1.807, 2.05) is 0 Å². The number of nitrogens with zero attached hydrogens (tertiary/aromatic N) is 1. The van der Waals surface area contributed by atoms with E-state index in [9.17, 15) is 0 Å². The zero-order chi connectivity index (χ0) is 14.0. The van der Waals surface area contributed by atoms with Crippen LogP contribution in [0.4, 0.5) is 0 Å². The summed E-state index contributed by atoms with van der Waals surface area (Å²) in [5, 5.41) is 0. The lowest BCUT2D eigenvalue weighted by molar-refractivity contribution is 0.248. The molecule has 104 valence electrons. The zero-order valence-electron chi connectivity index (χ0n) is 12.2. The van der Waals surface area contributed by atoms with Gasteiger partial charge >= 0.3 is 0 Å². The average Bonchev–Trinajstić information content (AvgIpc) is 2.70. The van der Waals surface area contributed by atoms with Gasteiger partial charge in [0, 0.05) is 10.8 Å². The number of halogens is 1. The molecule has 19 heavy (non-hydrogen) atoms. The van der Waals surface area contributed by atoms with Crippen molar-refractivity contribution in [2.75, 3.05) is 20.1 Å². The van der Waals surface area contributed by atoms with Crippen molar-refractivity contribution in [2.24, 2.45) is 5.92 Å². The van der Waals surface area contributed by atoms with Gasteiger partial charge in [0.1, 0.15) is 4.34 Å². The first kappa shape index (κ1) is 14.9. The van der Waals surface area contributed by atoms with Gasteiger partial charge in [0.25, 0.3) is 0 Å². The summed E-state index contributed by atoms with van der Waals surface area (Å²) in [5.41, 5.74) is 1.16. The molecule has 1 aliphatic rings. The summed E-state index contributed by atoms with van der Waals surface area (Å²) in [5.74, 6) is 7.24. The van der Waals surface area contributed by atoms with Gasteiger partial charge in [-0.3, -0.25) is 0 Å². The quantitative estimate of drug-likeness (QED) is 0.642. The van der Waals surface area contributed by atoms with Crippen LogP contribution < -0.4 is 0 Å². The molecule has 0 saturated carbocycles. The summed E-state index contributed by atoms with van der Waals surface area (Å²) < 4.78 is 0.838. The molecule has 0 aliphatic carbocycles. The smallest absolute Gasteiger partial charge is 0.109 e. The van der Waals surface area contributed by atoms with Crippen molar-refractivity contribution in [1.29, 1.82) is 0 Å². The van der Waals surface area contributed by atoms with Gasteiger partial charge in [-0.25, -0.2) is 0 Å². The molecule has 0 spiro atoms. The van der Waals surface area contributed by atoms with Crippen molar-refractivity contribution in [1.82, 2.24) is 4.90 Å². The molecule has 1 saturated heterocycles. The Balaban J connectivity index is 2.10. The highest BCUT2D eigenvalue weighted by Crippen LogP contribution is 2.35. The molecule has 0 N–H and O–H groups in total. The molecule has 0 bridgehead atoms. The van der Waals surface area contributed by atoms with E-state index >= 15 is 0 Å². The zero-order valence-corrected chi connectivity index (χ0v) is 13.8. The first-order valence-electron chi connectivity index (χ1n) is 6.86. The maximum atomic E-state index is 6.30. The van der Waals surface area contributed by atoms with Gasteiger partial charge in [-0.05, 0) is 44.5 Å². The van der Waals surface area contributed by atoms with E-state index in [1.54, 1.807) is 11.3 Å². The molecule has 0 radical (unpaired) electrons. The number of rotatable bonds is 0. The Hall–Kier alpha value is -0.490. The van der Waals surface area contributed by atoms with E-state index in [4.69, 9.17) is 11.6 Å². The molecule has 0 aromatic carbocycles. The Labute approximate surface area is 126 Å². The van der Waals surface area contributed by atoms with Crippen LogP contribution in [0.5, 0.6) is 0 Å². The highest BCUT2D eigenvalue weighted by Gasteiger charge is 2.19. The minimum Gasteiger partial charge on any atom is -0.306 e. The van der Waals surface area contributed by atoms with Gasteiger partial charge in [0.15, 0.2) is 0 Å². The number of hydrogen-bond acceptors (Lipinski definition) is 2. The van der Waals surface area contributed by atoms with Crippen LogP contribution in [0.3, 0.4) is 0 Å². The lowest BCUT2D eigenvalue weighted by Gasteiger charge is -2.25. The topological polar surface area (TPSA) is 3.24 Å². The van der Waals surface area contributed by atoms with Crippen LogP contribution in [0.25, 0.3) is 0 Å².